The monoisotopic (exact) mass is 364 g/mol. The standard InChI is InChI=1S/C17H20N2O5S/c1-9-14(10(2)24-19-9)7-16(21)23-11(3)17(22)15-6-5-13(25-15)8-18-12(4)20/h5-6,11H,7-8H2,1-4H3,(H,18,20). The van der Waals surface area contributed by atoms with Gasteiger partial charge in [0.25, 0.3) is 0 Å². The van der Waals surface area contributed by atoms with Crippen molar-refractivity contribution in [3.8, 4) is 0 Å². The zero-order chi connectivity index (χ0) is 18.6. The maximum atomic E-state index is 12.4. The number of hydrogen-bond donors (Lipinski definition) is 1. The van der Waals surface area contributed by atoms with E-state index in [1.165, 1.54) is 18.3 Å². The number of nitrogens with zero attached hydrogens (tertiary/aromatic N) is 1. The number of amides is 1. The van der Waals surface area contributed by atoms with Gasteiger partial charge in [-0.05, 0) is 32.9 Å². The molecule has 8 heteroatoms. The number of carbonyl (C=O) groups excluding carboxylic acids is 3. The molecule has 1 N–H and O–H groups in total. The van der Waals surface area contributed by atoms with Gasteiger partial charge in [-0.15, -0.1) is 11.3 Å². The van der Waals surface area contributed by atoms with Crippen LogP contribution in [0.25, 0.3) is 0 Å². The first kappa shape index (κ1) is 18.9. The highest BCUT2D eigenvalue weighted by molar-refractivity contribution is 7.14. The quantitative estimate of drug-likeness (QED) is 0.598. The van der Waals surface area contributed by atoms with Crippen LogP contribution in [0.2, 0.25) is 0 Å². The average molecular weight is 364 g/mol. The van der Waals surface area contributed by atoms with E-state index in [0.29, 0.717) is 28.4 Å². The first-order valence-electron chi connectivity index (χ1n) is 7.76. The maximum absolute atomic E-state index is 12.4. The van der Waals surface area contributed by atoms with Crippen LogP contribution in [0.4, 0.5) is 0 Å². The first-order valence-corrected chi connectivity index (χ1v) is 8.58. The lowest BCUT2D eigenvalue weighted by molar-refractivity contribution is -0.145. The van der Waals surface area contributed by atoms with E-state index < -0.39 is 12.1 Å². The van der Waals surface area contributed by atoms with E-state index in [2.05, 4.69) is 10.5 Å². The van der Waals surface area contributed by atoms with Crippen molar-refractivity contribution in [1.29, 1.82) is 0 Å². The molecule has 0 aliphatic heterocycles. The van der Waals surface area contributed by atoms with Gasteiger partial charge in [0.05, 0.1) is 23.5 Å². The normalized spacial score (nSPS) is 11.8. The summed E-state index contributed by atoms with van der Waals surface area (Å²) in [5.74, 6) is -0.353. The van der Waals surface area contributed by atoms with Crippen LogP contribution in [-0.2, 0) is 27.3 Å². The molecule has 0 saturated carbocycles. The largest absolute Gasteiger partial charge is 0.454 e. The zero-order valence-electron chi connectivity index (χ0n) is 14.5. The maximum Gasteiger partial charge on any atom is 0.311 e. The summed E-state index contributed by atoms with van der Waals surface area (Å²) < 4.78 is 10.2. The average Bonchev–Trinajstić information content (AvgIpc) is 3.14. The van der Waals surface area contributed by atoms with Crippen LogP contribution >= 0.6 is 11.3 Å². The van der Waals surface area contributed by atoms with Crippen molar-refractivity contribution in [2.24, 2.45) is 0 Å². The van der Waals surface area contributed by atoms with Gasteiger partial charge in [-0.25, -0.2) is 0 Å². The molecule has 0 bridgehead atoms. The highest BCUT2D eigenvalue weighted by atomic mass is 32.1. The Bertz CT molecular complexity index is 773. The van der Waals surface area contributed by atoms with Crippen molar-refractivity contribution in [3.05, 3.63) is 38.9 Å². The van der Waals surface area contributed by atoms with Gasteiger partial charge in [-0.1, -0.05) is 5.16 Å². The minimum Gasteiger partial charge on any atom is -0.454 e. The van der Waals surface area contributed by atoms with Crippen molar-refractivity contribution < 1.29 is 23.6 Å². The number of aromatic nitrogens is 1. The number of rotatable bonds is 7. The molecule has 2 aromatic heterocycles. The Morgan fingerprint density at radius 3 is 2.64 bits per heavy atom. The summed E-state index contributed by atoms with van der Waals surface area (Å²) in [6.45, 7) is 6.81. The third-order valence-corrected chi connectivity index (χ3v) is 4.70. The smallest absolute Gasteiger partial charge is 0.311 e. The Balaban J connectivity index is 1.93. The van der Waals surface area contributed by atoms with Crippen molar-refractivity contribution >= 4 is 29.0 Å². The Hall–Kier alpha value is -2.48. The third kappa shape index (κ3) is 4.99. The molecular weight excluding hydrogens is 344 g/mol. The minimum atomic E-state index is -0.889. The molecule has 0 fully saturated rings. The Labute approximate surface area is 149 Å². The fraction of sp³-hybridized carbons (Fsp3) is 0.412. The third-order valence-electron chi connectivity index (χ3n) is 3.60. The Morgan fingerprint density at radius 2 is 2.04 bits per heavy atom. The van der Waals surface area contributed by atoms with Gasteiger partial charge in [-0.3, -0.25) is 14.4 Å². The summed E-state index contributed by atoms with van der Waals surface area (Å²) in [6, 6.07) is 3.44. The number of esters is 1. The van der Waals surface area contributed by atoms with Crippen LogP contribution in [0, 0.1) is 13.8 Å². The Kier molecular flexibility index (Phi) is 6.08. The highest BCUT2D eigenvalue weighted by Crippen LogP contribution is 2.20. The van der Waals surface area contributed by atoms with Crippen molar-refractivity contribution in [2.75, 3.05) is 0 Å². The fourth-order valence-electron chi connectivity index (χ4n) is 2.21. The molecular formula is C17H20N2O5S. The lowest BCUT2D eigenvalue weighted by Gasteiger charge is -2.11. The second-order valence-electron chi connectivity index (χ2n) is 5.65. The number of hydrogen-bond acceptors (Lipinski definition) is 7. The number of ketones is 1. The van der Waals surface area contributed by atoms with E-state index in [9.17, 15) is 14.4 Å². The number of nitrogens with one attached hydrogen (secondary N) is 1. The number of carbonyl (C=O) groups is 3. The molecule has 0 aromatic carbocycles. The minimum absolute atomic E-state index is 0.0109. The van der Waals surface area contributed by atoms with E-state index in [4.69, 9.17) is 9.26 Å². The molecule has 0 aliphatic carbocycles. The van der Waals surface area contributed by atoms with Gasteiger partial charge in [-0.2, -0.15) is 0 Å². The second kappa shape index (κ2) is 8.06. The SMILES string of the molecule is CC(=O)NCc1ccc(C(=O)C(C)OC(=O)Cc2c(C)noc2C)s1. The van der Waals surface area contributed by atoms with Crippen LogP contribution in [-0.4, -0.2) is 28.9 Å². The predicted molar refractivity (Wildman–Crippen MR) is 91.4 cm³/mol. The van der Waals surface area contributed by atoms with Gasteiger partial charge in [0.2, 0.25) is 11.7 Å². The molecule has 1 atom stereocenters. The van der Waals surface area contributed by atoms with Crippen molar-refractivity contribution in [3.63, 3.8) is 0 Å². The van der Waals surface area contributed by atoms with E-state index in [-0.39, 0.29) is 18.1 Å². The molecule has 134 valence electrons. The van der Waals surface area contributed by atoms with E-state index >= 15 is 0 Å². The molecule has 0 spiro atoms. The van der Waals surface area contributed by atoms with Gasteiger partial charge < -0.3 is 14.6 Å². The summed E-state index contributed by atoms with van der Waals surface area (Å²) in [5.41, 5.74) is 1.31. The number of thiophene rings is 1. The van der Waals surface area contributed by atoms with Crippen molar-refractivity contribution in [1.82, 2.24) is 10.5 Å². The van der Waals surface area contributed by atoms with Gasteiger partial charge in [0.15, 0.2) is 6.10 Å². The molecule has 1 unspecified atom stereocenters. The lowest BCUT2D eigenvalue weighted by Crippen LogP contribution is -2.24. The summed E-state index contributed by atoms with van der Waals surface area (Å²) in [4.78, 5) is 36.7. The highest BCUT2D eigenvalue weighted by Gasteiger charge is 2.23. The van der Waals surface area contributed by atoms with Gasteiger partial charge in [0, 0.05) is 17.4 Å². The second-order valence-corrected chi connectivity index (χ2v) is 6.82. The lowest BCUT2D eigenvalue weighted by atomic mass is 10.1. The molecule has 2 aromatic rings. The number of ether oxygens (including phenoxy) is 1. The van der Waals surface area contributed by atoms with Crippen LogP contribution in [0.3, 0.4) is 0 Å². The summed E-state index contributed by atoms with van der Waals surface area (Å²) in [7, 11) is 0. The predicted octanol–water partition coefficient (Wildman–Crippen LogP) is 2.35. The summed E-state index contributed by atoms with van der Waals surface area (Å²) in [6.07, 6.45) is -0.878. The van der Waals surface area contributed by atoms with Crippen LogP contribution in [0.1, 0.15) is 45.4 Å². The van der Waals surface area contributed by atoms with Crippen LogP contribution < -0.4 is 5.32 Å². The molecule has 0 radical (unpaired) electrons. The van der Waals surface area contributed by atoms with Gasteiger partial charge in [0.1, 0.15) is 5.76 Å². The van der Waals surface area contributed by atoms with Gasteiger partial charge >= 0.3 is 5.97 Å². The fourth-order valence-corrected chi connectivity index (χ4v) is 3.17. The number of aryl methyl sites for hydroxylation is 2. The molecule has 25 heavy (non-hydrogen) atoms. The van der Waals surface area contributed by atoms with Crippen molar-refractivity contribution in [2.45, 2.75) is 46.8 Å². The summed E-state index contributed by atoms with van der Waals surface area (Å²) in [5, 5.41) is 6.46. The zero-order valence-corrected chi connectivity index (χ0v) is 15.4. The molecule has 0 aliphatic rings. The van der Waals surface area contributed by atoms with Crippen LogP contribution in [0.15, 0.2) is 16.7 Å². The molecule has 1 amide bonds. The molecule has 0 saturated heterocycles. The molecule has 2 rings (SSSR count). The van der Waals surface area contributed by atoms with E-state index in [1.807, 2.05) is 0 Å². The molecule has 7 nitrogen and oxygen atoms in total. The molecule has 2 heterocycles. The first-order chi connectivity index (χ1) is 11.8. The summed E-state index contributed by atoms with van der Waals surface area (Å²) >= 11 is 1.27. The topological polar surface area (TPSA) is 98.5 Å². The van der Waals surface area contributed by atoms with E-state index in [1.54, 1.807) is 32.9 Å². The van der Waals surface area contributed by atoms with E-state index in [0.717, 1.165) is 4.88 Å². The van der Waals surface area contributed by atoms with Crippen LogP contribution in [0.5, 0.6) is 0 Å². The number of Topliss-reactive ketones (excluding diaryl/α,β-unsaturated/α-hetero) is 1. The Morgan fingerprint density at radius 1 is 1.32 bits per heavy atom.